The number of amides is 1. The molecular formula is C18H24N4O2. The first-order valence-electron chi connectivity index (χ1n) is 8.42. The molecule has 1 amide bonds. The first-order valence-corrected chi connectivity index (χ1v) is 8.42. The van der Waals surface area contributed by atoms with Crippen molar-refractivity contribution in [3.05, 3.63) is 42.0 Å². The van der Waals surface area contributed by atoms with Gasteiger partial charge in [-0.1, -0.05) is 26.0 Å². The molecule has 2 heterocycles. The van der Waals surface area contributed by atoms with Gasteiger partial charge in [-0.2, -0.15) is 0 Å². The lowest BCUT2D eigenvalue weighted by Gasteiger charge is -2.24. The summed E-state index contributed by atoms with van der Waals surface area (Å²) in [5.41, 5.74) is 1.21. The predicted molar refractivity (Wildman–Crippen MR) is 90.7 cm³/mol. The number of aromatic nitrogens is 3. The molecule has 0 N–H and O–H groups in total. The molecule has 1 fully saturated rings. The van der Waals surface area contributed by atoms with Crippen LogP contribution in [0.1, 0.15) is 50.0 Å². The van der Waals surface area contributed by atoms with Gasteiger partial charge in [0, 0.05) is 13.6 Å². The molecule has 2 aromatic rings. The summed E-state index contributed by atoms with van der Waals surface area (Å²) in [4.78, 5) is 14.5. The van der Waals surface area contributed by atoms with Crippen LogP contribution in [0.5, 0.6) is 5.75 Å². The number of rotatable bonds is 5. The normalized spacial score (nSPS) is 17.5. The summed E-state index contributed by atoms with van der Waals surface area (Å²) in [7, 11) is 1.91. The highest BCUT2D eigenvalue weighted by molar-refractivity contribution is 5.78. The Bertz CT molecular complexity index is 711. The maximum absolute atomic E-state index is 12.6. The van der Waals surface area contributed by atoms with Crippen molar-refractivity contribution in [1.82, 2.24) is 19.7 Å². The number of carbonyl (C=O) groups is 1. The average molecular weight is 328 g/mol. The zero-order chi connectivity index (χ0) is 17.1. The van der Waals surface area contributed by atoms with Crippen LogP contribution in [0, 0.1) is 0 Å². The summed E-state index contributed by atoms with van der Waals surface area (Å²) in [5, 5.41) is 8.08. The van der Waals surface area contributed by atoms with Gasteiger partial charge in [-0.05, 0) is 36.5 Å². The smallest absolute Gasteiger partial charge is 0.261 e. The van der Waals surface area contributed by atoms with E-state index in [0.29, 0.717) is 5.92 Å². The molecule has 1 saturated heterocycles. The van der Waals surface area contributed by atoms with E-state index < -0.39 is 0 Å². The van der Waals surface area contributed by atoms with Gasteiger partial charge >= 0.3 is 0 Å². The molecule has 0 bridgehead atoms. The standard InChI is InChI=1S/C18H24N4O2/c1-13(2)14-6-4-7-15(10-14)24-11-17(23)22-9-5-8-16(22)18-20-19-12-21(18)3/h4,6-7,10,12-13,16H,5,8-9,11H2,1-3H3. The van der Waals surface area contributed by atoms with Gasteiger partial charge in [0.1, 0.15) is 12.1 Å². The van der Waals surface area contributed by atoms with Crippen LogP contribution in [0.15, 0.2) is 30.6 Å². The van der Waals surface area contributed by atoms with Crippen LogP contribution in [-0.4, -0.2) is 38.7 Å². The zero-order valence-corrected chi connectivity index (χ0v) is 14.5. The van der Waals surface area contributed by atoms with Crippen molar-refractivity contribution in [1.29, 1.82) is 0 Å². The molecule has 1 aliphatic rings. The molecule has 0 spiro atoms. The summed E-state index contributed by atoms with van der Waals surface area (Å²) in [6.45, 7) is 5.07. The number of carbonyl (C=O) groups excluding carboxylic acids is 1. The first kappa shape index (κ1) is 16.5. The Hall–Kier alpha value is -2.37. The van der Waals surface area contributed by atoms with Crippen molar-refractivity contribution < 1.29 is 9.53 Å². The third-order valence-corrected chi connectivity index (χ3v) is 4.50. The number of hydrogen-bond acceptors (Lipinski definition) is 4. The minimum absolute atomic E-state index is 0.00408. The Labute approximate surface area is 142 Å². The Kier molecular flexibility index (Phi) is 4.83. The Balaban J connectivity index is 1.64. The van der Waals surface area contributed by atoms with Gasteiger partial charge in [0.2, 0.25) is 0 Å². The lowest BCUT2D eigenvalue weighted by molar-refractivity contribution is -0.134. The predicted octanol–water partition coefficient (Wildman–Crippen LogP) is 2.68. The molecule has 24 heavy (non-hydrogen) atoms. The lowest BCUT2D eigenvalue weighted by Crippen LogP contribution is -2.35. The van der Waals surface area contributed by atoms with Crippen LogP contribution in [0.4, 0.5) is 0 Å². The van der Waals surface area contributed by atoms with Crippen LogP contribution in [0.3, 0.4) is 0 Å². The Morgan fingerprint density at radius 2 is 2.25 bits per heavy atom. The van der Waals surface area contributed by atoms with E-state index in [9.17, 15) is 4.79 Å². The quantitative estimate of drug-likeness (QED) is 0.847. The molecule has 0 radical (unpaired) electrons. The number of aryl methyl sites for hydroxylation is 1. The third-order valence-electron chi connectivity index (χ3n) is 4.50. The number of hydrogen-bond donors (Lipinski definition) is 0. The molecule has 128 valence electrons. The van der Waals surface area contributed by atoms with Gasteiger partial charge in [0.15, 0.2) is 12.4 Å². The Morgan fingerprint density at radius 3 is 2.96 bits per heavy atom. The second-order valence-electron chi connectivity index (χ2n) is 6.56. The molecule has 6 heteroatoms. The minimum Gasteiger partial charge on any atom is -0.484 e. The summed E-state index contributed by atoms with van der Waals surface area (Å²) in [6.07, 6.45) is 3.57. The van der Waals surface area contributed by atoms with Crippen molar-refractivity contribution in [2.24, 2.45) is 7.05 Å². The Morgan fingerprint density at radius 1 is 1.42 bits per heavy atom. The van der Waals surface area contributed by atoms with Crippen molar-refractivity contribution in [3.8, 4) is 5.75 Å². The summed E-state index contributed by atoms with van der Waals surface area (Å²) in [6, 6.07) is 7.93. The van der Waals surface area contributed by atoms with Gasteiger partial charge < -0.3 is 14.2 Å². The number of nitrogens with zero attached hydrogens (tertiary/aromatic N) is 4. The molecule has 1 atom stereocenters. The number of likely N-dealkylation sites (tertiary alicyclic amines) is 1. The fourth-order valence-corrected chi connectivity index (χ4v) is 3.12. The minimum atomic E-state index is -0.00421. The molecule has 6 nitrogen and oxygen atoms in total. The first-order chi connectivity index (χ1) is 11.6. The molecule has 0 saturated carbocycles. The van der Waals surface area contributed by atoms with E-state index >= 15 is 0 Å². The number of ether oxygens (including phenoxy) is 1. The van der Waals surface area contributed by atoms with Crippen molar-refractivity contribution >= 4 is 5.91 Å². The summed E-state index contributed by atoms with van der Waals surface area (Å²) >= 11 is 0. The summed E-state index contributed by atoms with van der Waals surface area (Å²) < 4.78 is 7.61. The SMILES string of the molecule is CC(C)c1cccc(OCC(=O)N2CCCC2c2nncn2C)c1. The maximum Gasteiger partial charge on any atom is 0.261 e. The lowest BCUT2D eigenvalue weighted by atomic mass is 10.0. The monoisotopic (exact) mass is 328 g/mol. The highest BCUT2D eigenvalue weighted by Gasteiger charge is 2.32. The van der Waals surface area contributed by atoms with Gasteiger partial charge in [-0.25, -0.2) is 0 Å². The molecule has 1 aromatic heterocycles. The van der Waals surface area contributed by atoms with E-state index in [1.54, 1.807) is 6.33 Å². The molecule has 3 rings (SSSR count). The van der Waals surface area contributed by atoms with Gasteiger partial charge in [0.05, 0.1) is 6.04 Å². The fourth-order valence-electron chi connectivity index (χ4n) is 3.12. The third kappa shape index (κ3) is 3.42. The van der Waals surface area contributed by atoms with E-state index in [0.717, 1.165) is 31.0 Å². The molecule has 0 aliphatic carbocycles. The van der Waals surface area contributed by atoms with Crippen LogP contribution in [0.2, 0.25) is 0 Å². The van der Waals surface area contributed by atoms with E-state index in [4.69, 9.17) is 4.74 Å². The highest BCUT2D eigenvalue weighted by Crippen LogP contribution is 2.30. The molecule has 1 aromatic carbocycles. The van der Waals surface area contributed by atoms with Crippen molar-refractivity contribution in [2.45, 2.75) is 38.6 Å². The van der Waals surface area contributed by atoms with Gasteiger partial charge in [0.25, 0.3) is 5.91 Å². The van der Waals surface area contributed by atoms with Crippen molar-refractivity contribution in [2.75, 3.05) is 13.2 Å². The maximum atomic E-state index is 12.6. The van der Waals surface area contributed by atoms with E-state index in [1.165, 1.54) is 5.56 Å². The second-order valence-corrected chi connectivity index (χ2v) is 6.56. The van der Waals surface area contributed by atoms with E-state index in [1.807, 2.05) is 34.7 Å². The second kappa shape index (κ2) is 7.03. The van der Waals surface area contributed by atoms with Crippen molar-refractivity contribution in [3.63, 3.8) is 0 Å². The topological polar surface area (TPSA) is 60.2 Å². The van der Waals surface area contributed by atoms with E-state index in [2.05, 4.69) is 30.1 Å². The largest absolute Gasteiger partial charge is 0.484 e. The molecule has 1 aliphatic heterocycles. The van der Waals surface area contributed by atoms with Crippen LogP contribution < -0.4 is 4.74 Å². The summed E-state index contributed by atoms with van der Waals surface area (Å²) in [5.74, 6) is 2.00. The van der Waals surface area contributed by atoms with Crippen LogP contribution >= 0.6 is 0 Å². The van der Waals surface area contributed by atoms with Gasteiger partial charge in [-0.15, -0.1) is 10.2 Å². The number of benzene rings is 1. The highest BCUT2D eigenvalue weighted by atomic mass is 16.5. The fraction of sp³-hybridized carbons (Fsp3) is 0.500. The average Bonchev–Trinajstić information content (AvgIpc) is 3.21. The molecule has 1 unspecified atom stereocenters. The molecular weight excluding hydrogens is 304 g/mol. The van der Waals surface area contributed by atoms with Crippen LogP contribution in [0.25, 0.3) is 0 Å². The zero-order valence-electron chi connectivity index (χ0n) is 14.5. The van der Waals surface area contributed by atoms with Gasteiger partial charge in [-0.3, -0.25) is 4.79 Å². The van der Waals surface area contributed by atoms with E-state index in [-0.39, 0.29) is 18.6 Å². The van der Waals surface area contributed by atoms with Crippen LogP contribution in [-0.2, 0) is 11.8 Å².